The summed E-state index contributed by atoms with van der Waals surface area (Å²) >= 11 is 2.99. The standard InChI is InChI=1S/C9H7BrF2O/c1-2-8(13)6-3-5(10)4-7(11)9(6)12/h3-4H,2H2,1H3. The lowest BCUT2D eigenvalue weighted by molar-refractivity contribution is 0.0983. The monoisotopic (exact) mass is 248 g/mol. The minimum atomic E-state index is -1.07. The molecule has 0 fully saturated rings. The van der Waals surface area contributed by atoms with Crippen LogP contribution in [0.3, 0.4) is 0 Å². The van der Waals surface area contributed by atoms with Gasteiger partial charge in [-0.25, -0.2) is 8.78 Å². The summed E-state index contributed by atoms with van der Waals surface area (Å²) in [5.74, 6) is -2.49. The molecule has 0 unspecified atom stereocenters. The van der Waals surface area contributed by atoms with Gasteiger partial charge >= 0.3 is 0 Å². The van der Waals surface area contributed by atoms with Crippen molar-refractivity contribution in [2.75, 3.05) is 0 Å². The molecule has 1 aromatic carbocycles. The minimum Gasteiger partial charge on any atom is -0.294 e. The fourth-order valence-corrected chi connectivity index (χ4v) is 1.38. The van der Waals surface area contributed by atoms with Gasteiger partial charge in [-0.2, -0.15) is 0 Å². The second-order valence-electron chi connectivity index (χ2n) is 2.53. The molecule has 4 heteroatoms. The predicted molar refractivity (Wildman–Crippen MR) is 48.7 cm³/mol. The summed E-state index contributed by atoms with van der Waals surface area (Å²) in [5.41, 5.74) is -0.200. The van der Waals surface area contributed by atoms with E-state index in [0.29, 0.717) is 4.47 Å². The lowest BCUT2D eigenvalue weighted by Gasteiger charge is -2.01. The maximum atomic E-state index is 13.0. The number of hydrogen-bond acceptors (Lipinski definition) is 1. The summed E-state index contributed by atoms with van der Waals surface area (Å²) in [4.78, 5) is 11.1. The first-order chi connectivity index (χ1) is 6.06. The molecule has 1 aromatic rings. The normalized spacial score (nSPS) is 10.2. The molecule has 1 rings (SSSR count). The van der Waals surface area contributed by atoms with Crippen LogP contribution in [0.1, 0.15) is 23.7 Å². The van der Waals surface area contributed by atoms with Crippen LogP contribution in [-0.2, 0) is 0 Å². The van der Waals surface area contributed by atoms with Crippen LogP contribution >= 0.6 is 15.9 Å². The Morgan fingerprint density at radius 1 is 1.46 bits per heavy atom. The van der Waals surface area contributed by atoms with E-state index in [1.54, 1.807) is 6.92 Å². The second-order valence-corrected chi connectivity index (χ2v) is 3.44. The first-order valence-corrected chi connectivity index (χ1v) is 4.53. The maximum Gasteiger partial charge on any atom is 0.169 e. The van der Waals surface area contributed by atoms with Crippen LogP contribution in [0.2, 0.25) is 0 Å². The molecule has 0 amide bonds. The molecule has 0 aliphatic carbocycles. The van der Waals surface area contributed by atoms with E-state index in [0.717, 1.165) is 6.07 Å². The second kappa shape index (κ2) is 3.96. The molecule has 0 atom stereocenters. The summed E-state index contributed by atoms with van der Waals surface area (Å²) in [5, 5.41) is 0. The van der Waals surface area contributed by atoms with Crippen LogP contribution in [0.15, 0.2) is 16.6 Å². The fraction of sp³-hybridized carbons (Fsp3) is 0.222. The van der Waals surface area contributed by atoms with Crippen molar-refractivity contribution in [2.45, 2.75) is 13.3 Å². The van der Waals surface area contributed by atoms with Gasteiger partial charge in [-0.3, -0.25) is 4.79 Å². The molecule has 70 valence electrons. The lowest BCUT2D eigenvalue weighted by atomic mass is 10.1. The van der Waals surface area contributed by atoms with E-state index < -0.39 is 17.4 Å². The number of hydrogen-bond donors (Lipinski definition) is 0. The Morgan fingerprint density at radius 2 is 2.08 bits per heavy atom. The Kier molecular flexibility index (Phi) is 3.14. The molecular weight excluding hydrogens is 242 g/mol. The molecule has 0 radical (unpaired) electrons. The van der Waals surface area contributed by atoms with E-state index >= 15 is 0 Å². The van der Waals surface area contributed by atoms with Gasteiger partial charge in [-0.05, 0) is 12.1 Å². The Bertz CT molecular complexity index is 350. The third-order valence-electron chi connectivity index (χ3n) is 1.61. The van der Waals surface area contributed by atoms with Crippen molar-refractivity contribution in [3.63, 3.8) is 0 Å². The van der Waals surface area contributed by atoms with Crippen LogP contribution < -0.4 is 0 Å². The van der Waals surface area contributed by atoms with E-state index in [1.807, 2.05) is 0 Å². The summed E-state index contributed by atoms with van der Waals surface area (Å²) in [6.45, 7) is 1.60. The van der Waals surface area contributed by atoms with Crippen molar-refractivity contribution in [3.8, 4) is 0 Å². The van der Waals surface area contributed by atoms with Gasteiger partial charge in [0.05, 0.1) is 5.56 Å². The highest BCUT2D eigenvalue weighted by atomic mass is 79.9. The van der Waals surface area contributed by atoms with Crippen molar-refractivity contribution >= 4 is 21.7 Å². The number of carbonyl (C=O) groups is 1. The van der Waals surface area contributed by atoms with Crippen LogP contribution in [0.25, 0.3) is 0 Å². The number of ketones is 1. The first-order valence-electron chi connectivity index (χ1n) is 3.74. The molecular formula is C9H7BrF2O. The number of rotatable bonds is 2. The molecule has 0 aliphatic heterocycles. The average Bonchev–Trinajstić information content (AvgIpc) is 2.10. The SMILES string of the molecule is CCC(=O)c1cc(Br)cc(F)c1F. The fourth-order valence-electron chi connectivity index (χ4n) is 0.949. The molecule has 0 aliphatic rings. The zero-order valence-electron chi connectivity index (χ0n) is 6.90. The van der Waals surface area contributed by atoms with Crippen LogP contribution in [0.5, 0.6) is 0 Å². The third-order valence-corrected chi connectivity index (χ3v) is 2.07. The molecule has 0 spiro atoms. The Balaban J connectivity index is 3.28. The molecule has 0 saturated heterocycles. The number of benzene rings is 1. The van der Waals surface area contributed by atoms with Gasteiger partial charge in [0.1, 0.15) is 0 Å². The van der Waals surface area contributed by atoms with E-state index in [-0.39, 0.29) is 12.0 Å². The Morgan fingerprint density at radius 3 is 2.62 bits per heavy atom. The Hall–Kier alpha value is -0.770. The predicted octanol–water partition coefficient (Wildman–Crippen LogP) is 3.32. The summed E-state index contributed by atoms with van der Waals surface area (Å²) < 4.78 is 26.1. The van der Waals surface area contributed by atoms with Gasteiger partial charge in [0, 0.05) is 10.9 Å². The minimum absolute atomic E-state index is 0.160. The molecule has 0 saturated carbocycles. The van der Waals surface area contributed by atoms with Gasteiger partial charge in [0.25, 0.3) is 0 Å². The number of carbonyl (C=O) groups excluding carboxylic acids is 1. The lowest BCUT2D eigenvalue weighted by Crippen LogP contribution is -2.02. The highest BCUT2D eigenvalue weighted by molar-refractivity contribution is 9.10. The van der Waals surface area contributed by atoms with E-state index in [9.17, 15) is 13.6 Å². The van der Waals surface area contributed by atoms with E-state index in [2.05, 4.69) is 15.9 Å². The van der Waals surface area contributed by atoms with E-state index in [1.165, 1.54) is 6.07 Å². The van der Waals surface area contributed by atoms with Gasteiger partial charge < -0.3 is 0 Å². The van der Waals surface area contributed by atoms with Crippen molar-refractivity contribution in [1.29, 1.82) is 0 Å². The largest absolute Gasteiger partial charge is 0.294 e. The van der Waals surface area contributed by atoms with Crippen LogP contribution in [0, 0.1) is 11.6 Å². The molecule has 0 bridgehead atoms. The highest BCUT2D eigenvalue weighted by Gasteiger charge is 2.14. The van der Waals surface area contributed by atoms with E-state index in [4.69, 9.17) is 0 Å². The quantitative estimate of drug-likeness (QED) is 0.580. The summed E-state index contributed by atoms with van der Waals surface area (Å²) in [6, 6.07) is 2.27. The number of Topliss-reactive ketones (excluding diaryl/α,β-unsaturated/α-hetero) is 1. The molecule has 0 N–H and O–H groups in total. The summed E-state index contributed by atoms with van der Waals surface area (Å²) in [7, 11) is 0. The molecule has 0 aromatic heterocycles. The zero-order chi connectivity index (χ0) is 10.0. The van der Waals surface area contributed by atoms with Crippen LogP contribution in [-0.4, -0.2) is 5.78 Å². The zero-order valence-corrected chi connectivity index (χ0v) is 8.49. The van der Waals surface area contributed by atoms with Gasteiger partial charge in [-0.15, -0.1) is 0 Å². The molecule has 1 nitrogen and oxygen atoms in total. The third kappa shape index (κ3) is 2.12. The summed E-state index contributed by atoms with van der Waals surface area (Å²) in [6.07, 6.45) is 0.160. The average molecular weight is 249 g/mol. The van der Waals surface area contributed by atoms with Crippen molar-refractivity contribution in [2.24, 2.45) is 0 Å². The van der Waals surface area contributed by atoms with Gasteiger partial charge in [0.2, 0.25) is 0 Å². The topological polar surface area (TPSA) is 17.1 Å². The first kappa shape index (κ1) is 10.3. The van der Waals surface area contributed by atoms with Crippen LogP contribution in [0.4, 0.5) is 8.78 Å². The molecule has 13 heavy (non-hydrogen) atoms. The van der Waals surface area contributed by atoms with Gasteiger partial charge in [-0.1, -0.05) is 22.9 Å². The van der Waals surface area contributed by atoms with Crippen molar-refractivity contribution in [1.82, 2.24) is 0 Å². The smallest absolute Gasteiger partial charge is 0.169 e. The van der Waals surface area contributed by atoms with Crippen molar-refractivity contribution in [3.05, 3.63) is 33.8 Å². The van der Waals surface area contributed by atoms with Gasteiger partial charge in [0.15, 0.2) is 17.4 Å². The highest BCUT2D eigenvalue weighted by Crippen LogP contribution is 2.20. The molecule has 0 heterocycles. The van der Waals surface area contributed by atoms with Crippen molar-refractivity contribution < 1.29 is 13.6 Å². The Labute approximate surface area is 82.9 Å². The number of halogens is 3. The maximum absolute atomic E-state index is 13.0.